The molecule has 1 N–H and O–H groups in total. The lowest BCUT2D eigenvalue weighted by atomic mass is 10.2. The zero-order chi connectivity index (χ0) is 23.5. The molecule has 5 nitrogen and oxygen atoms in total. The lowest BCUT2D eigenvalue weighted by Gasteiger charge is -2.24. The molecule has 0 bridgehead atoms. The van der Waals surface area contributed by atoms with Crippen LogP contribution in [-0.4, -0.2) is 20.9 Å². The van der Waals surface area contributed by atoms with Crippen molar-refractivity contribution >= 4 is 38.9 Å². The number of nitrogens with zero attached hydrogens (tertiary/aromatic N) is 1. The lowest BCUT2D eigenvalue weighted by Crippen LogP contribution is -2.31. The summed E-state index contributed by atoms with van der Waals surface area (Å²) >= 11 is 6.12. The van der Waals surface area contributed by atoms with E-state index in [2.05, 4.69) is 11.9 Å². The van der Waals surface area contributed by atoms with Crippen LogP contribution in [0, 0.1) is 17.5 Å². The number of sulfonamides is 1. The largest absolute Gasteiger partial charge is 0.319 e. The summed E-state index contributed by atoms with van der Waals surface area (Å²) in [4.78, 5) is 12.2. The van der Waals surface area contributed by atoms with Gasteiger partial charge in [-0.05, 0) is 54.6 Å². The number of rotatable bonds is 7. The molecule has 0 fully saturated rings. The molecular formula is C22H16ClF3N2O3S. The Kier molecular flexibility index (Phi) is 6.90. The van der Waals surface area contributed by atoms with Crippen LogP contribution >= 0.6 is 11.6 Å². The first kappa shape index (κ1) is 23.4. The van der Waals surface area contributed by atoms with Crippen LogP contribution in [0.25, 0.3) is 0 Å². The summed E-state index contributed by atoms with van der Waals surface area (Å²) in [5, 5.41) is 2.09. The van der Waals surface area contributed by atoms with Crippen LogP contribution in [-0.2, 0) is 10.0 Å². The van der Waals surface area contributed by atoms with Gasteiger partial charge in [-0.15, -0.1) is 6.58 Å². The second-order valence-electron chi connectivity index (χ2n) is 6.52. The summed E-state index contributed by atoms with van der Waals surface area (Å²) in [6.07, 6.45) is 1.34. The van der Waals surface area contributed by atoms with Gasteiger partial charge in [0.25, 0.3) is 15.9 Å². The van der Waals surface area contributed by atoms with E-state index in [-0.39, 0.29) is 28.5 Å². The minimum absolute atomic E-state index is 0.130. The highest BCUT2D eigenvalue weighted by Crippen LogP contribution is 2.30. The zero-order valence-electron chi connectivity index (χ0n) is 16.4. The van der Waals surface area contributed by atoms with E-state index in [9.17, 15) is 26.4 Å². The Morgan fingerprint density at radius 3 is 2.28 bits per heavy atom. The highest BCUT2D eigenvalue weighted by molar-refractivity contribution is 7.93. The summed E-state index contributed by atoms with van der Waals surface area (Å²) in [6.45, 7) is 3.39. The van der Waals surface area contributed by atoms with Gasteiger partial charge < -0.3 is 5.32 Å². The molecule has 0 aliphatic heterocycles. The molecule has 166 valence electrons. The van der Waals surface area contributed by atoms with E-state index >= 15 is 0 Å². The molecule has 1 amide bonds. The number of halogens is 4. The average Bonchev–Trinajstić information content (AvgIpc) is 2.75. The van der Waals surface area contributed by atoms with E-state index in [1.165, 1.54) is 30.3 Å². The molecule has 0 unspecified atom stereocenters. The Bertz CT molecular complexity index is 1280. The molecular weight excluding hydrogens is 465 g/mol. The molecule has 0 saturated carbocycles. The van der Waals surface area contributed by atoms with E-state index in [0.717, 1.165) is 34.6 Å². The van der Waals surface area contributed by atoms with Crippen molar-refractivity contribution in [2.45, 2.75) is 4.90 Å². The van der Waals surface area contributed by atoms with Crippen molar-refractivity contribution in [3.05, 3.63) is 101 Å². The predicted octanol–water partition coefficient (Wildman–Crippen LogP) is 5.39. The molecule has 3 rings (SSSR count). The van der Waals surface area contributed by atoms with Gasteiger partial charge in [-0.2, -0.15) is 0 Å². The molecule has 0 radical (unpaired) electrons. The number of hydrogen-bond donors (Lipinski definition) is 1. The SMILES string of the molecule is C=CCN(c1ccc(F)cc1)S(=O)(=O)c1cc(C(=O)Nc2ccc(F)cc2F)ccc1Cl. The monoisotopic (exact) mass is 480 g/mol. The van der Waals surface area contributed by atoms with E-state index in [1.807, 2.05) is 0 Å². The Hall–Kier alpha value is -3.30. The predicted molar refractivity (Wildman–Crippen MR) is 117 cm³/mol. The van der Waals surface area contributed by atoms with Gasteiger partial charge in [0.05, 0.1) is 22.9 Å². The van der Waals surface area contributed by atoms with Crippen LogP contribution < -0.4 is 9.62 Å². The quantitative estimate of drug-likeness (QED) is 0.461. The fraction of sp³-hybridized carbons (Fsp3) is 0.0455. The van der Waals surface area contributed by atoms with Gasteiger partial charge in [-0.3, -0.25) is 9.10 Å². The van der Waals surface area contributed by atoms with Crippen molar-refractivity contribution in [2.24, 2.45) is 0 Å². The molecule has 3 aromatic carbocycles. The second-order valence-corrected chi connectivity index (χ2v) is 8.76. The van der Waals surface area contributed by atoms with Crippen LogP contribution in [0.2, 0.25) is 5.02 Å². The highest BCUT2D eigenvalue weighted by Gasteiger charge is 2.28. The van der Waals surface area contributed by atoms with Gasteiger partial charge in [0, 0.05) is 11.6 Å². The molecule has 0 aliphatic rings. The Balaban J connectivity index is 1.99. The van der Waals surface area contributed by atoms with Crippen LogP contribution in [0.5, 0.6) is 0 Å². The maximum atomic E-state index is 13.9. The third kappa shape index (κ3) is 4.95. The second kappa shape index (κ2) is 9.46. The third-order valence-corrected chi connectivity index (χ3v) is 6.63. The first-order valence-corrected chi connectivity index (χ1v) is 10.9. The van der Waals surface area contributed by atoms with Crippen molar-refractivity contribution in [1.82, 2.24) is 0 Å². The fourth-order valence-electron chi connectivity index (χ4n) is 2.81. The molecule has 0 heterocycles. The van der Waals surface area contributed by atoms with Crippen LogP contribution in [0.4, 0.5) is 24.5 Å². The van der Waals surface area contributed by atoms with Gasteiger partial charge in [0.2, 0.25) is 0 Å². The molecule has 0 aliphatic carbocycles. The molecule has 0 spiro atoms. The number of carbonyl (C=O) groups is 1. The van der Waals surface area contributed by atoms with Crippen molar-refractivity contribution in [3.63, 3.8) is 0 Å². The Labute approximate surface area is 187 Å². The maximum absolute atomic E-state index is 13.9. The first-order chi connectivity index (χ1) is 15.1. The van der Waals surface area contributed by atoms with E-state index in [0.29, 0.717) is 6.07 Å². The topological polar surface area (TPSA) is 66.5 Å². The molecule has 10 heteroatoms. The number of amides is 1. The maximum Gasteiger partial charge on any atom is 0.266 e. The molecule has 0 saturated heterocycles. The first-order valence-electron chi connectivity index (χ1n) is 9.08. The van der Waals surface area contributed by atoms with Gasteiger partial charge in [0.1, 0.15) is 22.3 Å². The third-order valence-electron chi connectivity index (χ3n) is 4.35. The van der Waals surface area contributed by atoms with Gasteiger partial charge in [-0.1, -0.05) is 17.7 Å². The summed E-state index contributed by atoms with van der Waals surface area (Å²) in [6, 6.07) is 10.9. The Morgan fingerprint density at radius 1 is 1.00 bits per heavy atom. The molecule has 3 aromatic rings. The smallest absolute Gasteiger partial charge is 0.266 e. The number of carbonyl (C=O) groups excluding carboxylic acids is 1. The molecule has 0 atom stereocenters. The van der Waals surface area contributed by atoms with Gasteiger partial charge in [-0.25, -0.2) is 21.6 Å². The van der Waals surface area contributed by atoms with Crippen molar-refractivity contribution in [3.8, 4) is 0 Å². The minimum atomic E-state index is -4.30. The van der Waals surface area contributed by atoms with E-state index in [1.54, 1.807) is 0 Å². The number of benzene rings is 3. The molecule has 0 aromatic heterocycles. The minimum Gasteiger partial charge on any atom is -0.319 e. The van der Waals surface area contributed by atoms with E-state index in [4.69, 9.17) is 11.6 Å². The van der Waals surface area contributed by atoms with Crippen LogP contribution in [0.1, 0.15) is 10.4 Å². The standard InChI is InChI=1S/C22H16ClF3N2O3S/c1-2-11-28(17-7-4-15(24)5-8-17)32(30,31)21-12-14(3-9-18(21)23)22(29)27-20-10-6-16(25)13-19(20)26/h2-10,12-13H,1,11H2,(H,27,29). The average molecular weight is 481 g/mol. The summed E-state index contributed by atoms with van der Waals surface area (Å²) < 4.78 is 67.8. The van der Waals surface area contributed by atoms with Crippen molar-refractivity contribution < 1.29 is 26.4 Å². The fourth-order valence-corrected chi connectivity index (χ4v) is 4.75. The van der Waals surface area contributed by atoms with Gasteiger partial charge >= 0.3 is 0 Å². The summed E-state index contributed by atoms with van der Waals surface area (Å²) in [5.41, 5.74) is -0.254. The summed E-state index contributed by atoms with van der Waals surface area (Å²) in [7, 11) is -4.30. The Morgan fingerprint density at radius 2 is 1.66 bits per heavy atom. The number of hydrogen-bond acceptors (Lipinski definition) is 3. The zero-order valence-corrected chi connectivity index (χ0v) is 17.9. The number of anilines is 2. The van der Waals surface area contributed by atoms with Gasteiger partial charge in [0.15, 0.2) is 0 Å². The van der Waals surface area contributed by atoms with E-state index < -0.39 is 38.3 Å². The lowest BCUT2D eigenvalue weighted by molar-refractivity contribution is 0.102. The van der Waals surface area contributed by atoms with Crippen LogP contribution in [0.3, 0.4) is 0 Å². The summed E-state index contributed by atoms with van der Waals surface area (Å²) in [5.74, 6) is -3.19. The van der Waals surface area contributed by atoms with Crippen molar-refractivity contribution in [1.29, 1.82) is 0 Å². The highest BCUT2D eigenvalue weighted by atomic mass is 35.5. The van der Waals surface area contributed by atoms with Crippen LogP contribution in [0.15, 0.2) is 78.2 Å². The molecule has 32 heavy (non-hydrogen) atoms. The number of nitrogens with one attached hydrogen (secondary N) is 1. The normalized spacial score (nSPS) is 11.1. The van der Waals surface area contributed by atoms with Crippen molar-refractivity contribution in [2.75, 3.05) is 16.2 Å².